The molecule has 0 radical (unpaired) electrons. The van der Waals surface area contributed by atoms with Crippen LogP contribution in [-0.2, 0) is 4.79 Å². The van der Waals surface area contributed by atoms with Crippen molar-refractivity contribution in [1.82, 2.24) is 10.6 Å². The van der Waals surface area contributed by atoms with E-state index >= 15 is 0 Å². The quantitative estimate of drug-likeness (QED) is 0.590. The highest BCUT2D eigenvalue weighted by Crippen LogP contribution is 1.98. The minimum atomic E-state index is -0.553. The fourth-order valence-electron chi connectivity index (χ4n) is 1.39. The molecule has 0 saturated carbocycles. The molecule has 1 aromatic rings. The highest BCUT2D eigenvalue weighted by molar-refractivity contribution is 5.97. The van der Waals surface area contributed by atoms with Gasteiger partial charge in [-0.15, -0.1) is 6.58 Å². The molecule has 4 nitrogen and oxygen atoms in total. The van der Waals surface area contributed by atoms with E-state index in [4.69, 9.17) is 0 Å². The van der Waals surface area contributed by atoms with Gasteiger partial charge in [0, 0.05) is 12.1 Å². The molecule has 0 aliphatic heterocycles. The van der Waals surface area contributed by atoms with Crippen molar-refractivity contribution in [3.63, 3.8) is 0 Å². The SMILES string of the molecule is C=CCCNC(=O)C(C)NC(=O)c1ccccc1. The lowest BCUT2D eigenvalue weighted by atomic mass is 10.2. The Morgan fingerprint density at radius 3 is 2.61 bits per heavy atom. The topological polar surface area (TPSA) is 58.2 Å². The molecule has 0 aliphatic rings. The Hall–Kier alpha value is -2.10. The summed E-state index contributed by atoms with van der Waals surface area (Å²) in [7, 11) is 0. The molecule has 2 N–H and O–H groups in total. The summed E-state index contributed by atoms with van der Waals surface area (Å²) in [5.41, 5.74) is 0.545. The molecule has 96 valence electrons. The van der Waals surface area contributed by atoms with Gasteiger partial charge in [0.25, 0.3) is 5.91 Å². The molecule has 1 atom stereocenters. The van der Waals surface area contributed by atoms with E-state index in [-0.39, 0.29) is 11.8 Å². The zero-order valence-electron chi connectivity index (χ0n) is 10.5. The Kier molecular flexibility index (Phi) is 5.64. The normalized spacial score (nSPS) is 11.4. The van der Waals surface area contributed by atoms with E-state index in [1.807, 2.05) is 6.07 Å². The summed E-state index contributed by atoms with van der Waals surface area (Å²) in [5.74, 6) is -0.442. The van der Waals surface area contributed by atoms with Crippen LogP contribution in [0.1, 0.15) is 23.7 Å². The fraction of sp³-hybridized carbons (Fsp3) is 0.286. The van der Waals surface area contributed by atoms with Crippen molar-refractivity contribution in [2.45, 2.75) is 19.4 Å². The van der Waals surface area contributed by atoms with Gasteiger partial charge in [-0.25, -0.2) is 0 Å². The average Bonchev–Trinajstić information content (AvgIpc) is 2.39. The minimum Gasteiger partial charge on any atom is -0.354 e. The third-order valence-electron chi connectivity index (χ3n) is 2.42. The summed E-state index contributed by atoms with van der Waals surface area (Å²) < 4.78 is 0. The Morgan fingerprint density at radius 2 is 2.00 bits per heavy atom. The van der Waals surface area contributed by atoms with E-state index in [9.17, 15) is 9.59 Å². The molecular formula is C14H18N2O2. The monoisotopic (exact) mass is 246 g/mol. The van der Waals surface area contributed by atoms with Gasteiger partial charge in [0.15, 0.2) is 0 Å². The summed E-state index contributed by atoms with van der Waals surface area (Å²) in [6.45, 7) is 5.76. The van der Waals surface area contributed by atoms with E-state index in [1.165, 1.54) is 0 Å². The van der Waals surface area contributed by atoms with Crippen LogP contribution in [0.4, 0.5) is 0 Å². The summed E-state index contributed by atoms with van der Waals surface area (Å²) in [5, 5.41) is 5.36. The van der Waals surface area contributed by atoms with Gasteiger partial charge in [-0.05, 0) is 25.5 Å². The predicted molar refractivity (Wildman–Crippen MR) is 71.2 cm³/mol. The second-order valence-corrected chi connectivity index (χ2v) is 3.93. The van der Waals surface area contributed by atoms with E-state index in [0.29, 0.717) is 18.5 Å². The second kappa shape index (κ2) is 7.27. The smallest absolute Gasteiger partial charge is 0.251 e. The molecule has 0 saturated heterocycles. The number of carbonyl (C=O) groups excluding carboxylic acids is 2. The van der Waals surface area contributed by atoms with E-state index in [0.717, 1.165) is 0 Å². The molecule has 1 aromatic carbocycles. The van der Waals surface area contributed by atoms with Crippen molar-refractivity contribution in [3.05, 3.63) is 48.6 Å². The van der Waals surface area contributed by atoms with Crippen molar-refractivity contribution >= 4 is 11.8 Å². The van der Waals surface area contributed by atoms with Gasteiger partial charge >= 0.3 is 0 Å². The Bertz CT molecular complexity index is 415. The minimum absolute atomic E-state index is 0.193. The molecule has 0 fully saturated rings. The number of rotatable bonds is 6. The maximum Gasteiger partial charge on any atom is 0.251 e. The molecule has 0 heterocycles. The van der Waals surface area contributed by atoms with Gasteiger partial charge in [0.1, 0.15) is 6.04 Å². The zero-order valence-corrected chi connectivity index (χ0v) is 10.5. The van der Waals surface area contributed by atoms with Gasteiger partial charge in [0.05, 0.1) is 0 Å². The average molecular weight is 246 g/mol. The number of nitrogens with one attached hydrogen (secondary N) is 2. The largest absolute Gasteiger partial charge is 0.354 e. The molecular weight excluding hydrogens is 228 g/mol. The lowest BCUT2D eigenvalue weighted by Crippen LogP contribution is -2.45. The van der Waals surface area contributed by atoms with Crippen LogP contribution >= 0.6 is 0 Å². The molecule has 0 bridgehead atoms. The van der Waals surface area contributed by atoms with Crippen LogP contribution in [0.15, 0.2) is 43.0 Å². The van der Waals surface area contributed by atoms with Crippen LogP contribution < -0.4 is 10.6 Å². The number of benzene rings is 1. The van der Waals surface area contributed by atoms with Gasteiger partial charge in [0.2, 0.25) is 5.91 Å². The molecule has 0 aromatic heterocycles. The number of carbonyl (C=O) groups is 2. The number of amides is 2. The van der Waals surface area contributed by atoms with Gasteiger partial charge in [-0.3, -0.25) is 9.59 Å². The Balaban J connectivity index is 2.44. The van der Waals surface area contributed by atoms with Gasteiger partial charge in [-0.2, -0.15) is 0 Å². The van der Waals surface area contributed by atoms with Crippen molar-refractivity contribution < 1.29 is 9.59 Å². The van der Waals surface area contributed by atoms with E-state index < -0.39 is 6.04 Å². The standard InChI is InChI=1S/C14H18N2O2/c1-3-4-10-15-13(17)11(2)16-14(18)12-8-6-5-7-9-12/h3,5-9,11H,1,4,10H2,2H3,(H,15,17)(H,16,18). The van der Waals surface area contributed by atoms with Crippen molar-refractivity contribution in [2.24, 2.45) is 0 Å². The molecule has 1 rings (SSSR count). The molecule has 18 heavy (non-hydrogen) atoms. The first-order chi connectivity index (χ1) is 8.65. The summed E-state index contributed by atoms with van der Waals surface area (Å²) in [6, 6.07) is 8.26. The van der Waals surface area contributed by atoms with Crippen LogP contribution in [-0.4, -0.2) is 24.4 Å². The molecule has 0 spiro atoms. The maximum absolute atomic E-state index is 11.8. The Morgan fingerprint density at radius 1 is 1.33 bits per heavy atom. The maximum atomic E-state index is 11.8. The molecule has 1 unspecified atom stereocenters. The van der Waals surface area contributed by atoms with Crippen LogP contribution in [0.2, 0.25) is 0 Å². The lowest BCUT2D eigenvalue weighted by Gasteiger charge is -2.13. The number of hydrogen-bond acceptors (Lipinski definition) is 2. The summed E-state index contributed by atoms with van der Waals surface area (Å²) in [4.78, 5) is 23.4. The molecule has 2 amide bonds. The van der Waals surface area contributed by atoms with Gasteiger partial charge < -0.3 is 10.6 Å². The third-order valence-corrected chi connectivity index (χ3v) is 2.42. The lowest BCUT2D eigenvalue weighted by molar-refractivity contribution is -0.122. The third kappa shape index (κ3) is 4.41. The predicted octanol–water partition coefficient (Wildman–Crippen LogP) is 1.50. The van der Waals surface area contributed by atoms with Crippen LogP contribution in [0.5, 0.6) is 0 Å². The highest BCUT2D eigenvalue weighted by atomic mass is 16.2. The van der Waals surface area contributed by atoms with Crippen molar-refractivity contribution in [3.8, 4) is 0 Å². The number of hydrogen-bond donors (Lipinski definition) is 2. The molecule has 0 aliphatic carbocycles. The molecule has 4 heteroatoms. The second-order valence-electron chi connectivity index (χ2n) is 3.93. The van der Waals surface area contributed by atoms with E-state index in [1.54, 1.807) is 37.3 Å². The first kappa shape index (κ1) is 14.0. The first-order valence-electron chi connectivity index (χ1n) is 5.89. The van der Waals surface area contributed by atoms with Crippen LogP contribution in [0.25, 0.3) is 0 Å². The van der Waals surface area contributed by atoms with Gasteiger partial charge in [-0.1, -0.05) is 24.3 Å². The zero-order chi connectivity index (χ0) is 13.4. The van der Waals surface area contributed by atoms with E-state index in [2.05, 4.69) is 17.2 Å². The van der Waals surface area contributed by atoms with Crippen molar-refractivity contribution in [2.75, 3.05) is 6.54 Å². The summed E-state index contributed by atoms with van der Waals surface area (Å²) >= 11 is 0. The van der Waals surface area contributed by atoms with Crippen LogP contribution in [0, 0.1) is 0 Å². The first-order valence-corrected chi connectivity index (χ1v) is 5.89. The summed E-state index contributed by atoms with van der Waals surface area (Å²) in [6.07, 6.45) is 2.44. The van der Waals surface area contributed by atoms with Crippen LogP contribution in [0.3, 0.4) is 0 Å². The fourth-order valence-corrected chi connectivity index (χ4v) is 1.39. The Labute approximate surface area is 107 Å². The van der Waals surface area contributed by atoms with Crippen molar-refractivity contribution in [1.29, 1.82) is 0 Å². The highest BCUT2D eigenvalue weighted by Gasteiger charge is 2.15.